The summed E-state index contributed by atoms with van der Waals surface area (Å²) in [6.07, 6.45) is 4.47. The molecule has 1 aromatic carbocycles. The number of rotatable bonds is 5. The number of nitrogens with one attached hydrogen (secondary N) is 2. The van der Waals surface area contributed by atoms with Crippen molar-refractivity contribution in [3.63, 3.8) is 0 Å². The van der Waals surface area contributed by atoms with Crippen LogP contribution in [0.5, 0.6) is 0 Å². The van der Waals surface area contributed by atoms with Gasteiger partial charge in [0, 0.05) is 43.6 Å². The minimum Gasteiger partial charge on any atom is -0.465 e. The molecule has 164 valence electrons. The zero-order chi connectivity index (χ0) is 22.3. The number of thiophene rings is 1. The fourth-order valence-electron chi connectivity index (χ4n) is 3.34. The van der Waals surface area contributed by atoms with Gasteiger partial charge in [0.25, 0.3) is 5.91 Å². The maximum Gasteiger partial charge on any atom is 0.264 e. The first-order chi connectivity index (χ1) is 15.6. The predicted octanol–water partition coefficient (Wildman–Crippen LogP) is 3.83. The number of carbonyl (C=O) groups excluding carboxylic acids is 2. The van der Waals surface area contributed by atoms with Crippen LogP contribution < -0.4 is 15.5 Å². The van der Waals surface area contributed by atoms with Crippen molar-refractivity contribution < 1.29 is 14.0 Å². The maximum atomic E-state index is 12.5. The quantitative estimate of drug-likeness (QED) is 0.440. The molecule has 0 bridgehead atoms. The first-order valence-electron chi connectivity index (χ1n) is 10.1. The number of thiocarbonyl (C=S) groups is 1. The topological polar surface area (TPSA) is 77.8 Å². The van der Waals surface area contributed by atoms with Crippen molar-refractivity contribution >= 4 is 57.9 Å². The molecular formula is C23H22N4O3S2. The highest BCUT2D eigenvalue weighted by atomic mass is 32.1. The molecule has 2 amide bonds. The van der Waals surface area contributed by atoms with Crippen LogP contribution in [0.4, 0.5) is 11.4 Å². The number of carbonyl (C=O) groups is 2. The van der Waals surface area contributed by atoms with Crippen molar-refractivity contribution in [2.24, 2.45) is 0 Å². The highest BCUT2D eigenvalue weighted by Crippen LogP contribution is 2.21. The van der Waals surface area contributed by atoms with Crippen molar-refractivity contribution in [3.8, 4) is 0 Å². The Labute approximate surface area is 195 Å². The summed E-state index contributed by atoms with van der Waals surface area (Å²) in [5.74, 6) is 0.352. The molecule has 0 radical (unpaired) electrons. The van der Waals surface area contributed by atoms with Gasteiger partial charge >= 0.3 is 0 Å². The van der Waals surface area contributed by atoms with Crippen molar-refractivity contribution in [2.45, 2.75) is 0 Å². The summed E-state index contributed by atoms with van der Waals surface area (Å²) in [5, 5.41) is 7.75. The molecule has 0 aliphatic carbocycles. The molecule has 9 heteroatoms. The minimum atomic E-state index is -0.342. The first-order valence-corrected chi connectivity index (χ1v) is 11.4. The third-order valence-electron chi connectivity index (χ3n) is 4.97. The molecule has 3 heterocycles. The molecule has 32 heavy (non-hydrogen) atoms. The number of anilines is 2. The van der Waals surface area contributed by atoms with Gasteiger partial charge in [0.2, 0.25) is 5.91 Å². The van der Waals surface area contributed by atoms with Gasteiger partial charge in [0.1, 0.15) is 5.76 Å². The number of piperazine rings is 1. The summed E-state index contributed by atoms with van der Waals surface area (Å²) in [6, 6.07) is 15.1. The summed E-state index contributed by atoms with van der Waals surface area (Å²) in [7, 11) is 0. The van der Waals surface area contributed by atoms with E-state index in [-0.39, 0.29) is 16.9 Å². The minimum absolute atomic E-state index is 0.105. The van der Waals surface area contributed by atoms with E-state index in [0.717, 1.165) is 29.3 Å². The van der Waals surface area contributed by atoms with E-state index in [1.165, 1.54) is 23.7 Å². The molecule has 1 aliphatic rings. The summed E-state index contributed by atoms with van der Waals surface area (Å²) >= 11 is 6.69. The van der Waals surface area contributed by atoms with Crippen LogP contribution in [0, 0.1) is 0 Å². The molecular weight excluding hydrogens is 444 g/mol. The zero-order valence-electron chi connectivity index (χ0n) is 17.2. The average Bonchev–Trinajstić information content (AvgIpc) is 3.52. The van der Waals surface area contributed by atoms with E-state index >= 15 is 0 Å². The number of hydrogen-bond donors (Lipinski definition) is 2. The largest absolute Gasteiger partial charge is 0.465 e. The highest BCUT2D eigenvalue weighted by Gasteiger charge is 2.22. The average molecular weight is 467 g/mol. The van der Waals surface area contributed by atoms with Crippen LogP contribution in [0.15, 0.2) is 70.7 Å². The van der Waals surface area contributed by atoms with Gasteiger partial charge < -0.3 is 19.5 Å². The molecule has 7 nitrogen and oxygen atoms in total. The second-order valence-corrected chi connectivity index (χ2v) is 8.45. The van der Waals surface area contributed by atoms with E-state index < -0.39 is 0 Å². The molecule has 2 aromatic heterocycles. The summed E-state index contributed by atoms with van der Waals surface area (Å²) in [6.45, 7) is 2.94. The lowest BCUT2D eigenvalue weighted by molar-refractivity contribution is -0.115. The van der Waals surface area contributed by atoms with Crippen LogP contribution >= 0.6 is 23.6 Å². The Morgan fingerprint density at radius 3 is 2.47 bits per heavy atom. The maximum absolute atomic E-state index is 12.5. The fourth-order valence-corrected chi connectivity index (χ4v) is 4.25. The molecule has 3 aromatic rings. The SMILES string of the molecule is O=C(/C=C\c1ccco1)NC(=S)Nc1ccc(N2CCN(C(=O)c3cccs3)CC2)cc1. The van der Waals surface area contributed by atoms with E-state index in [4.69, 9.17) is 16.6 Å². The van der Waals surface area contributed by atoms with Crippen molar-refractivity contribution in [2.75, 3.05) is 36.4 Å². The van der Waals surface area contributed by atoms with Gasteiger partial charge in [0.15, 0.2) is 5.11 Å². The lowest BCUT2D eigenvalue weighted by Gasteiger charge is -2.36. The van der Waals surface area contributed by atoms with Gasteiger partial charge in [-0.15, -0.1) is 11.3 Å². The number of hydrogen-bond acceptors (Lipinski definition) is 6. The first kappa shape index (κ1) is 21.8. The predicted molar refractivity (Wildman–Crippen MR) is 131 cm³/mol. The van der Waals surface area contributed by atoms with Crippen LogP contribution in [0.1, 0.15) is 15.4 Å². The van der Waals surface area contributed by atoms with Crippen LogP contribution in [-0.4, -0.2) is 48.0 Å². The third-order valence-corrected chi connectivity index (χ3v) is 6.03. The molecule has 0 saturated carbocycles. The van der Waals surface area contributed by atoms with E-state index in [9.17, 15) is 9.59 Å². The second-order valence-electron chi connectivity index (χ2n) is 7.10. The molecule has 0 spiro atoms. The van der Waals surface area contributed by atoms with Crippen LogP contribution in [-0.2, 0) is 4.79 Å². The lowest BCUT2D eigenvalue weighted by Crippen LogP contribution is -2.48. The Morgan fingerprint density at radius 2 is 1.81 bits per heavy atom. The molecule has 0 unspecified atom stereocenters. The van der Waals surface area contributed by atoms with Gasteiger partial charge in [-0.3, -0.25) is 14.9 Å². The highest BCUT2D eigenvalue weighted by molar-refractivity contribution is 7.80. The zero-order valence-corrected chi connectivity index (χ0v) is 18.8. The Balaban J connectivity index is 1.25. The molecule has 2 N–H and O–H groups in total. The monoisotopic (exact) mass is 466 g/mol. The Kier molecular flexibility index (Phi) is 6.98. The van der Waals surface area contributed by atoms with Crippen LogP contribution in [0.3, 0.4) is 0 Å². The fraction of sp³-hybridized carbons (Fsp3) is 0.174. The van der Waals surface area contributed by atoms with Crippen molar-refractivity contribution in [3.05, 3.63) is 76.9 Å². The van der Waals surface area contributed by atoms with E-state index in [2.05, 4.69) is 15.5 Å². The Bertz CT molecular complexity index is 1080. The Hall–Kier alpha value is -3.43. The van der Waals surface area contributed by atoms with Crippen LogP contribution in [0.25, 0.3) is 6.08 Å². The summed E-state index contributed by atoms with van der Waals surface area (Å²) in [4.78, 5) is 29.4. The smallest absolute Gasteiger partial charge is 0.264 e. The summed E-state index contributed by atoms with van der Waals surface area (Å²) < 4.78 is 5.14. The second kappa shape index (κ2) is 10.3. The Morgan fingerprint density at radius 1 is 1.03 bits per heavy atom. The standard InChI is InChI=1S/C23H22N4O3S2/c28-21(10-9-19-3-1-15-30-19)25-23(31)24-17-5-7-18(8-6-17)26-11-13-27(14-12-26)22(29)20-4-2-16-32-20/h1-10,15-16H,11-14H2,(H2,24,25,28,31)/b10-9-. The third kappa shape index (κ3) is 5.63. The van der Waals surface area contributed by atoms with Crippen molar-refractivity contribution in [1.29, 1.82) is 0 Å². The number of amides is 2. The number of nitrogens with zero attached hydrogens (tertiary/aromatic N) is 2. The normalized spacial score (nSPS) is 13.9. The van der Waals surface area contributed by atoms with Crippen molar-refractivity contribution in [1.82, 2.24) is 10.2 Å². The van der Waals surface area contributed by atoms with Gasteiger partial charge in [-0.2, -0.15) is 0 Å². The summed E-state index contributed by atoms with van der Waals surface area (Å²) in [5.41, 5.74) is 1.86. The van der Waals surface area contributed by atoms with E-state index in [1.807, 2.05) is 46.7 Å². The van der Waals surface area contributed by atoms with Gasteiger partial charge in [-0.25, -0.2) is 0 Å². The van der Waals surface area contributed by atoms with Gasteiger partial charge in [-0.1, -0.05) is 6.07 Å². The van der Waals surface area contributed by atoms with Gasteiger partial charge in [0.05, 0.1) is 11.1 Å². The number of benzene rings is 1. The van der Waals surface area contributed by atoms with Gasteiger partial charge in [-0.05, 0) is 66.1 Å². The molecule has 0 atom stereocenters. The molecule has 1 saturated heterocycles. The number of furan rings is 1. The van der Waals surface area contributed by atoms with Crippen LogP contribution in [0.2, 0.25) is 0 Å². The molecule has 1 aliphatic heterocycles. The lowest BCUT2D eigenvalue weighted by atomic mass is 10.2. The van der Waals surface area contributed by atoms with E-state index in [1.54, 1.807) is 18.2 Å². The molecule has 4 rings (SSSR count). The van der Waals surface area contributed by atoms with E-state index in [0.29, 0.717) is 18.8 Å². The molecule has 1 fully saturated rings.